The molecule has 1 aromatic rings. The quantitative estimate of drug-likeness (QED) is 0.461. The van der Waals surface area contributed by atoms with Gasteiger partial charge in [0, 0.05) is 37.7 Å². The van der Waals surface area contributed by atoms with Gasteiger partial charge in [-0.1, -0.05) is 0 Å². The van der Waals surface area contributed by atoms with Crippen molar-refractivity contribution < 1.29 is 14.5 Å². The average Bonchev–Trinajstić information content (AvgIpc) is 2.35. The molecule has 0 spiro atoms. The molecule has 2 N–H and O–H groups in total. The zero-order valence-electron chi connectivity index (χ0n) is 10.5. The first kappa shape index (κ1) is 14.6. The van der Waals surface area contributed by atoms with Crippen LogP contribution in [0.15, 0.2) is 24.3 Å². The number of nitrogens with one attached hydrogen (secondary N) is 2. The summed E-state index contributed by atoms with van der Waals surface area (Å²) < 4.78 is 0. The lowest BCUT2D eigenvalue weighted by molar-refractivity contribution is -0.384. The highest BCUT2D eigenvalue weighted by Crippen LogP contribution is 2.15. The van der Waals surface area contributed by atoms with Gasteiger partial charge in [-0.15, -0.1) is 0 Å². The van der Waals surface area contributed by atoms with Crippen molar-refractivity contribution >= 4 is 23.2 Å². The van der Waals surface area contributed by atoms with Crippen molar-refractivity contribution in [1.29, 1.82) is 0 Å². The van der Waals surface area contributed by atoms with Gasteiger partial charge >= 0.3 is 0 Å². The zero-order chi connectivity index (χ0) is 14.3. The lowest BCUT2D eigenvalue weighted by Crippen LogP contribution is -2.22. The van der Waals surface area contributed by atoms with E-state index in [2.05, 4.69) is 10.6 Å². The molecule has 102 valence electrons. The van der Waals surface area contributed by atoms with E-state index in [1.165, 1.54) is 31.2 Å². The predicted molar refractivity (Wildman–Crippen MR) is 69.6 cm³/mol. The summed E-state index contributed by atoms with van der Waals surface area (Å²) in [6, 6.07) is 5.60. The molecule has 0 aliphatic carbocycles. The molecule has 0 unspecified atom stereocenters. The Labute approximate surface area is 110 Å². The summed E-state index contributed by atoms with van der Waals surface area (Å²) in [6.45, 7) is 1.86. The fraction of sp³-hybridized carbons (Fsp3) is 0.333. The summed E-state index contributed by atoms with van der Waals surface area (Å²) in [5.41, 5.74) is 0.485. The first-order valence-electron chi connectivity index (χ1n) is 5.78. The lowest BCUT2D eigenvalue weighted by atomic mass is 10.2. The van der Waals surface area contributed by atoms with Gasteiger partial charge in [0.25, 0.3) is 5.69 Å². The monoisotopic (exact) mass is 265 g/mol. The van der Waals surface area contributed by atoms with Gasteiger partial charge in [0.05, 0.1) is 4.92 Å². The maximum atomic E-state index is 11.5. The number of hydrogen-bond donors (Lipinski definition) is 2. The molecule has 0 saturated carbocycles. The molecule has 0 bridgehead atoms. The topological polar surface area (TPSA) is 101 Å². The van der Waals surface area contributed by atoms with Crippen LogP contribution in [0.3, 0.4) is 0 Å². The number of amides is 2. The molecule has 0 fully saturated rings. The summed E-state index contributed by atoms with van der Waals surface area (Å²) >= 11 is 0. The van der Waals surface area contributed by atoms with Gasteiger partial charge in [0.1, 0.15) is 0 Å². The highest BCUT2D eigenvalue weighted by Gasteiger charge is 2.06. The third-order valence-electron chi connectivity index (χ3n) is 2.32. The molecule has 1 rings (SSSR count). The minimum absolute atomic E-state index is 0.0244. The molecule has 2 amide bonds. The number of rotatable bonds is 6. The van der Waals surface area contributed by atoms with Crippen molar-refractivity contribution in [3.63, 3.8) is 0 Å². The molecule has 7 heteroatoms. The summed E-state index contributed by atoms with van der Waals surface area (Å²) in [4.78, 5) is 32.1. The fourth-order valence-corrected chi connectivity index (χ4v) is 1.40. The molecule has 0 radical (unpaired) electrons. The SMILES string of the molecule is CC(=O)NCCCC(=O)Nc1ccc([N+](=O)[O-])cc1. The Morgan fingerprint density at radius 3 is 2.42 bits per heavy atom. The summed E-state index contributed by atoms with van der Waals surface area (Å²) in [5, 5.41) is 15.7. The molecule has 1 aromatic carbocycles. The molecular weight excluding hydrogens is 250 g/mol. The van der Waals surface area contributed by atoms with Crippen molar-refractivity contribution in [3.8, 4) is 0 Å². The van der Waals surface area contributed by atoms with Crippen molar-refractivity contribution in [2.45, 2.75) is 19.8 Å². The maximum Gasteiger partial charge on any atom is 0.269 e. The standard InChI is InChI=1S/C12H15N3O4/c1-9(16)13-8-2-3-12(17)14-10-4-6-11(7-5-10)15(18)19/h4-7H,2-3,8H2,1H3,(H,13,16)(H,14,17). The number of nitro groups is 1. The Morgan fingerprint density at radius 2 is 1.89 bits per heavy atom. The van der Waals surface area contributed by atoms with E-state index in [0.29, 0.717) is 18.7 Å². The first-order valence-corrected chi connectivity index (χ1v) is 5.78. The second-order valence-corrected chi connectivity index (χ2v) is 3.94. The van der Waals surface area contributed by atoms with Crippen LogP contribution in [0.2, 0.25) is 0 Å². The summed E-state index contributed by atoms with van der Waals surface area (Å²) in [6.07, 6.45) is 0.815. The normalized spacial score (nSPS) is 9.74. The molecule has 0 heterocycles. The third-order valence-corrected chi connectivity index (χ3v) is 2.32. The van der Waals surface area contributed by atoms with Crippen LogP contribution < -0.4 is 10.6 Å². The van der Waals surface area contributed by atoms with Crippen LogP contribution in [0.1, 0.15) is 19.8 Å². The molecule has 7 nitrogen and oxygen atoms in total. The van der Waals surface area contributed by atoms with Gasteiger partial charge in [-0.2, -0.15) is 0 Å². The minimum Gasteiger partial charge on any atom is -0.356 e. The Balaban J connectivity index is 2.35. The molecule has 0 atom stereocenters. The molecular formula is C12H15N3O4. The van der Waals surface area contributed by atoms with Crippen LogP contribution in [0, 0.1) is 10.1 Å². The second-order valence-electron chi connectivity index (χ2n) is 3.94. The minimum atomic E-state index is -0.501. The van der Waals surface area contributed by atoms with Crippen LogP contribution in [0.4, 0.5) is 11.4 Å². The average molecular weight is 265 g/mol. The number of anilines is 1. The Morgan fingerprint density at radius 1 is 1.26 bits per heavy atom. The highest BCUT2D eigenvalue weighted by atomic mass is 16.6. The van der Waals surface area contributed by atoms with E-state index in [9.17, 15) is 19.7 Å². The van der Waals surface area contributed by atoms with E-state index in [4.69, 9.17) is 0 Å². The van der Waals surface area contributed by atoms with E-state index in [1.54, 1.807) is 0 Å². The van der Waals surface area contributed by atoms with Crippen molar-refractivity contribution in [2.24, 2.45) is 0 Å². The van der Waals surface area contributed by atoms with E-state index >= 15 is 0 Å². The van der Waals surface area contributed by atoms with Crippen LogP contribution in [0.5, 0.6) is 0 Å². The lowest BCUT2D eigenvalue weighted by Gasteiger charge is -2.05. The number of carbonyl (C=O) groups excluding carboxylic acids is 2. The molecule has 0 saturated heterocycles. The maximum absolute atomic E-state index is 11.5. The van der Waals surface area contributed by atoms with Crippen molar-refractivity contribution in [1.82, 2.24) is 5.32 Å². The molecule has 0 aliphatic rings. The van der Waals surface area contributed by atoms with Gasteiger partial charge in [0.2, 0.25) is 11.8 Å². The van der Waals surface area contributed by atoms with E-state index in [-0.39, 0.29) is 23.9 Å². The Bertz CT molecular complexity index is 470. The third kappa shape index (κ3) is 5.62. The smallest absolute Gasteiger partial charge is 0.269 e. The van der Waals surface area contributed by atoms with E-state index < -0.39 is 4.92 Å². The molecule has 0 aliphatic heterocycles. The van der Waals surface area contributed by atoms with Crippen LogP contribution in [0.25, 0.3) is 0 Å². The number of nitrogens with zero attached hydrogens (tertiary/aromatic N) is 1. The van der Waals surface area contributed by atoms with Gasteiger partial charge in [-0.05, 0) is 18.6 Å². The number of carbonyl (C=O) groups is 2. The highest BCUT2D eigenvalue weighted by molar-refractivity contribution is 5.90. The Kier molecular flexibility index (Phi) is 5.46. The predicted octanol–water partition coefficient (Wildman–Crippen LogP) is 1.45. The van der Waals surface area contributed by atoms with E-state index in [0.717, 1.165) is 0 Å². The second kappa shape index (κ2) is 7.10. The van der Waals surface area contributed by atoms with Gasteiger partial charge in [0.15, 0.2) is 0 Å². The van der Waals surface area contributed by atoms with Crippen LogP contribution in [-0.2, 0) is 9.59 Å². The number of non-ortho nitro benzene ring substituents is 1. The summed E-state index contributed by atoms with van der Waals surface area (Å²) in [5.74, 6) is -0.324. The zero-order valence-corrected chi connectivity index (χ0v) is 10.5. The molecule has 0 aromatic heterocycles. The largest absolute Gasteiger partial charge is 0.356 e. The van der Waals surface area contributed by atoms with Gasteiger partial charge in [-0.25, -0.2) is 0 Å². The van der Waals surface area contributed by atoms with Crippen molar-refractivity contribution in [3.05, 3.63) is 34.4 Å². The van der Waals surface area contributed by atoms with Crippen LogP contribution >= 0.6 is 0 Å². The van der Waals surface area contributed by atoms with Gasteiger partial charge in [-0.3, -0.25) is 19.7 Å². The Hall–Kier alpha value is -2.44. The van der Waals surface area contributed by atoms with Crippen LogP contribution in [-0.4, -0.2) is 23.3 Å². The molecule has 19 heavy (non-hydrogen) atoms. The van der Waals surface area contributed by atoms with E-state index in [1.807, 2.05) is 0 Å². The van der Waals surface area contributed by atoms with Crippen molar-refractivity contribution in [2.75, 3.05) is 11.9 Å². The first-order chi connectivity index (χ1) is 8.99. The van der Waals surface area contributed by atoms with Gasteiger partial charge < -0.3 is 10.6 Å². The number of hydrogen-bond acceptors (Lipinski definition) is 4. The fourth-order valence-electron chi connectivity index (χ4n) is 1.40. The number of benzene rings is 1. The summed E-state index contributed by atoms with van der Waals surface area (Å²) in [7, 11) is 0. The number of nitro benzene ring substituents is 1.